The Kier molecular flexibility index (Phi) is 6.49. The molecule has 0 fully saturated rings. The lowest BCUT2D eigenvalue weighted by atomic mass is 10.2. The van der Waals surface area contributed by atoms with Gasteiger partial charge in [-0.05, 0) is 38.7 Å². The van der Waals surface area contributed by atoms with Crippen molar-refractivity contribution in [3.8, 4) is 0 Å². The molecule has 1 aliphatic heterocycles. The number of carbonyl (C=O) groups excluding carboxylic acids is 2. The molecule has 0 bridgehead atoms. The van der Waals surface area contributed by atoms with Crippen LogP contribution in [0.25, 0.3) is 10.2 Å². The molecule has 3 rings (SSSR count). The fourth-order valence-electron chi connectivity index (χ4n) is 3.62. The Morgan fingerprint density at radius 2 is 2.11 bits per heavy atom. The van der Waals surface area contributed by atoms with Crippen molar-refractivity contribution in [1.29, 1.82) is 0 Å². The van der Waals surface area contributed by atoms with Crippen molar-refractivity contribution in [2.75, 3.05) is 6.61 Å². The molecule has 0 aromatic carbocycles. The molecule has 8 heteroatoms. The van der Waals surface area contributed by atoms with Gasteiger partial charge in [-0.25, -0.2) is 9.78 Å². The number of amides is 1. The van der Waals surface area contributed by atoms with Crippen LogP contribution in [-0.4, -0.2) is 34.1 Å². The van der Waals surface area contributed by atoms with Crippen molar-refractivity contribution in [2.45, 2.75) is 71.9 Å². The first-order valence-electron chi connectivity index (χ1n) is 9.91. The molecule has 0 saturated heterocycles. The third kappa shape index (κ3) is 4.27. The predicted molar refractivity (Wildman–Crippen MR) is 109 cm³/mol. The minimum atomic E-state index is -0.585. The van der Waals surface area contributed by atoms with E-state index in [0.717, 1.165) is 44.3 Å². The highest BCUT2D eigenvalue weighted by Gasteiger charge is 2.23. The van der Waals surface area contributed by atoms with E-state index >= 15 is 0 Å². The lowest BCUT2D eigenvalue weighted by Gasteiger charge is -2.12. The fourth-order valence-corrected chi connectivity index (χ4v) is 4.71. The minimum Gasteiger partial charge on any atom is -0.451 e. The topological polar surface area (TPSA) is 90.3 Å². The fraction of sp³-hybridized carbons (Fsp3) is 0.600. The summed E-state index contributed by atoms with van der Waals surface area (Å²) in [5.41, 5.74) is 0.502. The SMILES string of the molecule is CCC[C@@H](C)NC(=O)COC(=O)c1sc2nc3n(c(=O)c2c1C)CCCCC3. The summed E-state index contributed by atoms with van der Waals surface area (Å²) in [6.07, 6.45) is 5.68. The summed E-state index contributed by atoms with van der Waals surface area (Å²) >= 11 is 1.17. The van der Waals surface area contributed by atoms with Crippen LogP contribution in [0.2, 0.25) is 0 Å². The quantitative estimate of drug-likeness (QED) is 0.746. The average molecular weight is 406 g/mol. The average Bonchev–Trinajstić information content (AvgIpc) is 2.82. The molecule has 3 heterocycles. The largest absolute Gasteiger partial charge is 0.451 e. The third-order valence-electron chi connectivity index (χ3n) is 5.06. The van der Waals surface area contributed by atoms with Gasteiger partial charge in [0, 0.05) is 19.0 Å². The number of nitrogens with zero attached hydrogens (tertiary/aromatic N) is 2. The van der Waals surface area contributed by atoms with Crippen molar-refractivity contribution >= 4 is 33.4 Å². The van der Waals surface area contributed by atoms with Gasteiger partial charge in [0.2, 0.25) is 0 Å². The first-order chi connectivity index (χ1) is 13.4. The number of nitrogens with one attached hydrogen (secondary N) is 1. The lowest BCUT2D eigenvalue weighted by molar-refractivity contribution is -0.124. The molecule has 1 atom stereocenters. The summed E-state index contributed by atoms with van der Waals surface area (Å²) in [7, 11) is 0. The number of ether oxygens (including phenoxy) is 1. The molecule has 28 heavy (non-hydrogen) atoms. The van der Waals surface area contributed by atoms with Gasteiger partial charge in [0.15, 0.2) is 6.61 Å². The second-order valence-corrected chi connectivity index (χ2v) is 8.36. The summed E-state index contributed by atoms with van der Waals surface area (Å²) in [5.74, 6) is -0.114. The second kappa shape index (κ2) is 8.86. The van der Waals surface area contributed by atoms with Crippen LogP contribution in [0.4, 0.5) is 0 Å². The lowest BCUT2D eigenvalue weighted by Crippen LogP contribution is -2.35. The Balaban J connectivity index is 1.79. The van der Waals surface area contributed by atoms with E-state index in [9.17, 15) is 14.4 Å². The molecule has 7 nitrogen and oxygen atoms in total. The van der Waals surface area contributed by atoms with E-state index in [2.05, 4.69) is 10.3 Å². The normalized spacial score (nSPS) is 15.0. The Morgan fingerprint density at radius 3 is 2.86 bits per heavy atom. The van der Waals surface area contributed by atoms with Gasteiger partial charge < -0.3 is 10.1 Å². The van der Waals surface area contributed by atoms with Crippen LogP contribution in [-0.2, 0) is 22.5 Å². The van der Waals surface area contributed by atoms with E-state index in [0.29, 0.717) is 27.2 Å². The number of hydrogen-bond acceptors (Lipinski definition) is 6. The second-order valence-electron chi connectivity index (χ2n) is 7.37. The Morgan fingerprint density at radius 1 is 1.32 bits per heavy atom. The van der Waals surface area contributed by atoms with Gasteiger partial charge in [0.05, 0.1) is 5.39 Å². The maximum atomic E-state index is 12.9. The summed E-state index contributed by atoms with van der Waals surface area (Å²) < 4.78 is 6.93. The van der Waals surface area contributed by atoms with Gasteiger partial charge in [0.25, 0.3) is 11.5 Å². The summed E-state index contributed by atoms with van der Waals surface area (Å²) in [6, 6.07) is 0.0434. The standard InChI is InChI=1S/C20H27N3O4S/c1-4-8-12(2)21-15(24)11-27-20(26)17-13(3)16-18(28-17)22-14-9-6-5-7-10-23(14)19(16)25/h12H,4-11H2,1-3H3,(H,21,24)/t12-/m1/s1. The van der Waals surface area contributed by atoms with Crippen molar-refractivity contribution < 1.29 is 14.3 Å². The molecule has 0 saturated carbocycles. The molecular weight excluding hydrogens is 378 g/mol. The third-order valence-corrected chi connectivity index (χ3v) is 6.23. The van der Waals surface area contributed by atoms with Crippen LogP contribution in [0.1, 0.15) is 67.0 Å². The first-order valence-corrected chi connectivity index (χ1v) is 10.7. The van der Waals surface area contributed by atoms with Crippen molar-refractivity contribution in [1.82, 2.24) is 14.9 Å². The van der Waals surface area contributed by atoms with E-state index in [-0.39, 0.29) is 24.1 Å². The molecule has 152 valence electrons. The highest BCUT2D eigenvalue weighted by Crippen LogP contribution is 2.28. The summed E-state index contributed by atoms with van der Waals surface area (Å²) in [5, 5.41) is 3.29. The van der Waals surface area contributed by atoms with E-state index in [4.69, 9.17) is 4.74 Å². The maximum absolute atomic E-state index is 12.9. The van der Waals surface area contributed by atoms with Gasteiger partial charge in [0.1, 0.15) is 15.5 Å². The molecule has 2 aromatic rings. The van der Waals surface area contributed by atoms with Gasteiger partial charge in [-0.3, -0.25) is 14.2 Å². The molecule has 0 aliphatic carbocycles. The summed E-state index contributed by atoms with van der Waals surface area (Å²) in [6.45, 7) is 6.04. The zero-order chi connectivity index (χ0) is 20.3. The molecule has 1 amide bonds. The van der Waals surface area contributed by atoms with E-state index in [1.807, 2.05) is 13.8 Å². The van der Waals surface area contributed by atoms with Crippen LogP contribution in [0.5, 0.6) is 0 Å². The van der Waals surface area contributed by atoms with Crippen LogP contribution in [0.15, 0.2) is 4.79 Å². The summed E-state index contributed by atoms with van der Waals surface area (Å²) in [4.78, 5) is 43.0. The number of rotatable bonds is 6. The minimum absolute atomic E-state index is 0.0434. The highest BCUT2D eigenvalue weighted by molar-refractivity contribution is 7.20. The molecular formula is C20H27N3O4S. The zero-order valence-corrected chi connectivity index (χ0v) is 17.5. The van der Waals surface area contributed by atoms with Gasteiger partial charge >= 0.3 is 5.97 Å². The van der Waals surface area contributed by atoms with Crippen LogP contribution < -0.4 is 10.9 Å². The van der Waals surface area contributed by atoms with E-state index < -0.39 is 5.97 Å². The molecule has 0 unspecified atom stereocenters. The van der Waals surface area contributed by atoms with Gasteiger partial charge in [-0.2, -0.15) is 0 Å². The Hall–Kier alpha value is -2.22. The predicted octanol–water partition coefficient (Wildman–Crippen LogP) is 2.95. The number of esters is 1. The van der Waals surface area contributed by atoms with Crippen LogP contribution in [0.3, 0.4) is 0 Å². The Labute approximate surface area is 168 Å². The highest BCUT2D eigenvalue weighted by atomic mass is 32.1. The van der Waals surface area contributed by atoms with Crippen LogP contribution >= 0.6 is 11.3 Å². The van der Waals surface area contributed by atoms with E-state index in [1.54, 1.807) is 11.5 Å². The first kappa shape index (κ1) is 20.5. The monoisotopic (exact) mass is 405 g/mol. The van der Waals surface area contributed by atoms with E-state index in [1.165, 1.54) is 11.3 Å². The number of aromatic nitrogens is 2. The number of fused-ring (bicyclic) bond motifs is 2. The maximum Gasteiger partial charge on any atom is 0.349 e. The number of carbonyl (C=O) groups is 2. The number of aryl methyl sites for hydroxylation is 2. The molecule has 0 radical (unpaired) electrons. The zero-order valence-electron chi connectivity index (χ0n) is 16.7. The molecule has 1 aliphatic rings. The smallest absolute Gasteiger partial charge is 0.349 e. The van der Waals surface area contributed by atoms with Crippen molar-refractivity contribution in [3.05, 3.63) is 26.6 Å². The number of hydrogen-bond donors (Lipinski definition) is 1. The molecule has 1 N–H and O–H groups in total. The Bertz CT molecular complexity index is 947. The van der Waals surface area contributed by atoms with Crippen LogP contribution in [0, 0.1) is 6.92 Å². The molecule has 2 aromatic heterocycles. The number of thiophene rings is 1. The molecule has 0 spiro atoms. The van der Waals surface area contributed by atoms with Crippen molar-refractivity contribution in [3.63, 3.8) is 0 Å². The van der Waals surface area contributed by atoms with Crippen molar-refractivity contribution in [2.24, 2.45) is 0 Å². The van der Waals surface area contributed by atoms with Gasteiger partial charge in [-0.1, -0.05) is 19.8 Å². The van der Waals surface area contributed by atoms with Gasteiger partial charge in [-0.15, -0.1) is 11.3 Å².